The van der Waals surface area contributed by atoms with Gasteiger partial charge in [-0.15, -0.1) is 0 Å². The van der Waals surface area contributed by atoms with Gasteiger partial charge in [-0.1, -0.05) is 6.07 Å². The molecule has 0 unspecified atom stereocenters. The smallest absolute Gasteiger partial charge is 0.387 e. The van der Waals surface area contributed by atoms with Crippen LogP contribution < -0.4 is 4.74 Å². The molecule has 0 radical (unpaired) electrons. The van der Waals surface area contributed by atoms with Gasteiger partial charge in [0, 0.05) is 6.42 Å². The molecule has 0 aliphatic heterocycles. The van der Waals surface area contributed by atoms with Crippen LogP contribution in [-0.4, -0.2) is 26.0 Å². The fourth-order valence-electron chi connectivity index (χ4n) is 1.43. The lowest BCUT2D eigenvalue weighted by Crippen LogP contribution is -2.09. The zero-order valence-electron chi connectivity index (χ0n) is 9.69. The van der Waals surface area contributed by atoms with Crippen LogP contribution in [0.15, 0.2) is 18.2 Å². The molecule has 6 heteroatoms. The maximum Gasteiger partial charge on any atom is 0.387 e. The van der Waals surface area contributed by atoms with Gasteiger partial charge in [-0.05, 0) is 24.1 Å². The van der Waals surface area contributed by atoms with Crippen LogP contribution in [0, 0.1) is 0 Å². The molecule has 0 aliphatic carbocycles. The zero-order chi connectivity index (χ0) is 13.5. The van der Waals surface area contributed by atoms with Gasteiger partial charge in [-0.25, -0.2) is 4.79 Å². The highest BCUT2D eigenvalue weighted by Gasteiger charge is 2.16. The van der Waals surface area contributed by atoms with Crippen molar-refractivity contribution >= 4 is 12.3 Å². The third kappa shape index (κ3) is 3.80. The molecule has 1 aromatic carbocycles. The van der Waals surface area contributed by atoms with Crippen molar-refractivity contribution in [3.8, 4) is 5.75 Å². The Labute approximate surface area is 103 Å². The summed E-state index contributed by atoms with van der Waals surface area (Å²) in [6, 6.07) is 4.17. The van der Waals surface area contributed by atoms with E-state index in [2.05, 4.69) is 9.47 Å². The van der Waals surface area contributed by atoms with Crippen molar-refractivity contribution in [2.45, 2.75) is 19.5 Å². The number of ether oxygens (including phenoxy) is 2. The average Bonchev–Trinajstić information content (AvgIpc) is 2.36. The molecule has 0 amide bonds. The number of alkyl halides is 2. The van der Waals surface area contributed by atoms with Crippen LogP contribution >= 0.6 is 0 Å². The molecule has 0 aromatic heterocycles. The first-order valence-electron chi connectivity index (χ1n) is 5.18. The van der Waals surface area contributed by atoms with Crippen LogP contribution in [0.2, 0.25) is 0 Å². The molecule has 0 atom stereocenters. The van der Waals surface area contributed by atoms with Crippen molar-refractivity contribution < 1.29 is 27.8 Å². The maximum absolute atomic E-state index is 12.2. The second kappa shape index (κ2) is 6.68. The molecule has 0 N–H and O–H groups in total. The molecule has 1 rings (SSSR count). The average molecular weight is 258 g/mol. The first-order valence-corrected chi connectivity index (χ1v) is 5.18. The van der Waals surface area contributed by atoms with Crippen molar-refractivity contribution in [1.82, 2.24) is 0 Å². The van der Waals surface area contributed by atoms with E-state index in [4.69, 9.17) is 0 Å². The normalized spacial score (nSPS) is 10.2. The Bertz CT molecular complexity index is 432. The highest BCUT2D eigenvalue weighted by Crippen LogP contribution is 2.23. The number of carbonyl (C=O) groups is 2. The highest BCUT2D eigenvalue weighted by atomic mass is 19.3. The summed E-state index contributed by atoms with van der Waals surface area (Å²) in [5, 5.41) is 0. The summed E-state index contributed by atoms with van der Waals surface area (Å²) in [6.45, 7) is -3.02. The number of carbonyl (C=O) groups excluding carboxylic acids is 2. The van der Waals surface area contributed by atoms with Gasteiger partial charge in [0.05, 0.1) is 7.11 Å². The number of esters is 1. The minimum atomic E-state index is -3.02. The van der Waals surface area contributed by atoms with Crippen LogP contribution in [0.4, 0.5) is 8.78 Å². The number of rotatable bonds is 6. The Hall–Kier alpha value is -1.98. The van der Waals surface area contributed by atoms with Crippen molar-refractivity contribution in [3.63, 3.8) is 0 Å². The van der Waals surface area contributed by atoms with E-state index in [0.717, 1.165) is 13.4 Å². The molecular weight excluding hydrogens is 246 g/mol. The van der Waals surface area contributed by atoms with Gasteiger partial charge >= 0.3 is 12.6 Å². The molecule has 1 aromatic rings. The molecule has 0 heterocycles. The van der Waals surface area contributed by atoms with E-state index in [9.17, 15) is 18.4 Å². The number of aryl methyl sites for hydroxylation is 1. The fraction of sp³-hybridized carbons (Fsp3) is 0.333. The van der Waals surface area contributed by atoms with Gasteiger partial charge in [0.1, 0.15) is 17.6 Å². The van der Waals surface area contributed by atoms with Gasteiger partial charge in [-0.3, -0.25) is 0 Å². The standard InChI is InChI=1S/C12H12F2O4/c1-17-11(16)9-7-8(3-2-6-15)4-5-10(9)18-12(13)14/h4-7,12H,2-3H2,1H3. The number of aldehydes is 1. The second-order valence-corrected chi connectivity index (χ2v) is 3.41. The van der Waals surface area contributed by atoms with Crippen molar-refractivity contribution in [2.75, 3.05) is 7.11 Å². The number of hydrogen-bond donors (Lipinski definition) is 0. The summed E-state index contributed by atoms with van der Waals surface area (Å²) >= 11 is 0. The lowest BCUT2D eigenvalue weighted by atomic mass is 10.1. The summed E-state index contributed by atoms with van der Waals surface area (Å²) < 4.78 is 33.0. The Balaban J connectivity index is 3.03. The summed E-state index contributed by atoms with van der Waals surface area (Å²) in [4.78, 5) is 21.7. The third-order valence-corrected chi connectivity index (χ3v) is 2.22. The van der Waals surface area contributed by atoms with E-state index < -0.39 is 12.6 Å². The minimum absolute atomic E-state index is 0.0822. The number of hydrogen-bond acceptors (Lipinski definition) is 4. The van der Waals surface area contributed by atoms with E-state index in [-0.39, 0.29) is 17.7 Å². The number of halogens is 2. The maximum atomic E-state index is 12.2. The molecular formula is C12H12F2O4. The first kappa shape index (κ1) is 14.1. The third-order valence-electron chi connectivity index (χ3n) is 2.22. The molecule has 4 nitrogen and oxygen atoms in total. The summed E-state index contributed by atoms with van der Waals surface area (Å²) in [7, 11) is 1.15. The summed E-state index contributed by atoms with van der Waals surface area (Å²) in [5.74, 6) is -1.01. The molecule has 0 bridgehead atoms. The van der Waals surface area contributed by atoms with E-state index >= 15 is 0 Å². The van der Waals surface area contributed by atoms with Crippen LogP contribution in [0.3, 0.4) is 0 Å². The molecule has 18 heavy (non-hydrogen) atoms. The second-order valence-electron chi connectivity index (χ2n) is 3.41. The van der Waals surface area contributed by atoms with Crippen LogP contribution in [0.5, 0.6) is 5.75 Å². The van der Waals surface area contributed by atoms with E-state index in [0.29, 0.717) is 12.0 Å². The lowest BCUT2D eigenvalue weighted by molar-refractivity contribution is -0.107. The van der Waals surface area contributed by atoms with Gasteiger partial charge in [0.15, 0.2) is 0 Å². The quantitative estimate of drug-likeness (QED) is 0.580. The number of benzene rings is 1. The Morgan fingerprint density at radius 3 is 2.72 bits per heavy atom. The minimum Gasteiger partial charge on any atom is -0.465 e. The first-order chi connectivity index (χ1) is 8.58. The molecule has 0 saturated carbocycles. The predicted octanol–water partition coefficient (Wildman–Crippen LogP) is 2.21. The monoisotopic (exact) mass is 258 g/mol. The Kier molecular flexibility index (Phi) is 5.23. The Morgan fingerprint density at radius 1 is 1.44 bits per heavy atom. The fourth-order valence-corrected chi connectivity index (χ4v) is 1.43. The van der Waals surface area contributed by atoms with Crippen molar-refractivity contribution in [2.24, 2.45) is 0 Å². The molecule has 0 aliphatic rings. The topological polar surface area (TPSA) is 52.6 Å². The van der Waals surface area contributed by atoms with Crippen molar-refractivity contribution in [1.29, 1.82) is 0 Å². The van der Waals surface area contributed by atoms with Crippen LogP contribution in [0.25, 0.3) is 0 Å². The SMILES string of the molecule is COC(=O)c1cc(CCC=O)ccc1OC(F)F. The van der Waals surface area contributed by atoms with Gasteiger partial charge in [0.25, 0.3) is 0 Å². The largest absolute Gasteiger partial charge is 0.465 e. The van der Waals surface area contributed by atoms with E-state index in [1.807, 2.05) is 0 Å². The Morgan fingerprint density at radius 2 is 2.17 bits per heavy atom. The van der Waals surface area contributed by atoms with Crippen LogP contribution in [-0.2, 0) is 16.0 Å². The molecule has 0 fully saturated rings. The zero-order valence-corrected chi connectivity index (χ0v) is 9.69. The predicted molar refractivity (Wildman–Crippen MR) is 58.8 cm³/mol. The van der Waals surface area contributed by atoms with E-state index in [1.165, 1.54) is 18.2 Å². The number of methoxy groups -OCH3 is 1. The lowest BCUT2D eigenvalue weighted by Gasteiger charge is -2.10. The van der Waals surface area contributed by atoms with E-state index in [1.54, 1.807) is 0 Å². The van der Waals surface area contributed by atoms with Crippen molar-refractivity contribution in [3.05, 3.63) is 29.3 Å². The summed E-state index contributed by atoms with van der Waals surface area (Å²) in [6.07, 6.45) is 1.44. The van der Waals surface area contributed by atoms with Gasteiger partial charge in [-0.2, -0.15) is 8.78 Å². The highest BCUT2D eigenvalue weighted by molar-refractivity contribution is 5.92. The molecule has 0 saturated heterocycles. The molecule has 0 spiro atoms. The van der Waals surface area contributed by atoms with Crippen LogP contribution in [0.1, 0.15) is 22.3 Å². The summed E-state index contributed by atoms with van der Waals surface area (Å²) in [5.41, 5.74) is 0.588. The molecule has 98 valence electrons. The van der Waals surface area contributed by atoms with Gasteiger partial charge in [0.2, 0.25) is 0 Å². The van der Waals surface area contributed by atoms with Gasteiger partial charge < -0.3 is 14.3 Å².